The number of H-pyrrole nitrogens is 1. The number of nitrogens with two attached hydrogens (primary N) is 1. The molecule has 0 unspecified atom stereocenters. The molecule has 1 aromatic heterocycles. The average Bonchev–Trinajstić information content (AvgIpc) is 2.13. The van der Waals surface area contributed by atoms with Crippen molar-refractivity contribution in [1.29, 1.82) is 0 Å². The smallest absolute Gasteiger partial charge is 0.292 e. The number of anilines is 1. The van der Waals surface area contributed by atoms with Crippen LogP contribution in [0.2, 0.25) is 0 Å². The van der Waals surface area contributed by atoms with E-state index in [1.54, 1.807) is 7.05 Å². The summed E-state index contributed by atoms with van der Waals surface area (Å²) in [6.07, 6.45) is 0. The standard InChI is InChI=1S/C3H6N4OS/c1-7(4)2-3(8)6-9-5-2/h4H2,1H3,(H,6,8). The van der Waals surface area contributed by atoms with Crippen LogP contribution in [-0.4, -0.2) is 15.8 Å². The van der Waals surface area contributed by atoms with E-state index in [4.69, 9.17) is 5.84 Å². The Morgan fingerprint density at radius 3 is 2.78 bits per heavy atom. The molecule has 0 aliphatic heterocycles. The molecular weight excluding hydrogens is 140 g/mol. The van der Waals surface area contributed by atoms with Crippen LogP contribution in [0.15, 0.2) is 4.79 Å². The van der Waals surface area contributed by atoms with E-state index in [1.165, 1.54) is 5.01 Å². The highest BCUT2D eigenvalue weighted by Crippen LogP contribution is 1.94. The van der Waals surface area contributed by atoms with Gasteiger partial charge < -0.3 is 0 Å². The van der Waals surface area contributed by atoms with Crippen LogP contribution in [0.3, 0.4) is 0 Å². The number of hydrogen-bond acceptors (Lipinski definition) is 5. The fourth-order valence-electron chi connectivity index (χ4n) is 0.419. The highest BCUT2D eigenvalue weighted by molar-refractivity contribution is 6.99. The van der Waals surface area contributed by atoms with Gasteiger partial charge in [0.15, 0.2) is 0 Å². The zero-order valence-corrected chi connectivity index (χ0v) is 5.60. The molecule has 1 heterocycles. The highest BCUT2D eigenvalue weighted by atomic mass is 32.1. The van der Waals surface area contributed by atoms with E-state index in [0.717, 1.165) is 11.7 Å². The lowest BCUT2D eigenvalue weighted by molar-refractivity contribution is 0.984. The lowest BCUT2D eigenvalue weighted by Crippen LogP contribution is -2.29. The Morgan fingerprint density at radius 2 is 2.56 bits per heavy atom. The van der Waals surface area contributed by atoms with Gasteiger partial charge in [0.05, 0.1) is 0 Å². The third-order valence-electron chi connectivity index (χ3n) is 0.808. The molecule has 5 nitrogen and oxygen atoms in total. The highest BCUT2D eigenvalue weighted by Gasteiger charge is 2.02. The van der Waals surface area contributed by atoms with Gasteiger partial charge in [0, 0.05) is 18.8 Å². The molecule has 0 aliphatic rings. The van der Waals surface area contributed by atoms with Crippen LogP contribution in [0.25, 0.3) is 0 Å². The summed E-state index contributed by atoms with van der Waals surface area (Å²) in [5.41, 5.74) is -0.245. The summed E-state index contributed by atoms with van der Waals surface area (Å²) in [7, 11) is 1.56. The van der Waals surface area contributed by atoms with Crippen molar-refractivity contribution in [3.63, 3.8) is 0 Å². The molecule has 0 saturated carbocycles. The van der Waals surface area contributed by atoms with Crippen LogP contribution >= 0.6 is 11.7 Å². The molecule has 0 atom stereocenters. The first-order valence-electron chi connectivity index (χ1n) is 2.24. The number of nitrogens with one attached hydrogen (secondary N) is 1. The van der Waals surface area contributed by atoms with Crippen molar-refractivity contribution in [1.82, 2.24) is 8.75 Å². The van der Waals surface area contributed by atoms with Gasteiger partial charge in [-0.15, -0.1) is 0 Å². The molecule has 0 radical (unpaired) electrons. The second kappa shape index (κ2) is 2.16. The van der Waals surface area contributed by atoms with E-state index in [2.05, 4.69) is 8.75 Å². The molecule has 0 aliphatic carbocycles. The van der Waals surface area contributed by atoms with Crippen molar-refractivity contribution >= 4 is 17.5 Å². The first kappa shape index (κ1) is 6.24. The van der Waals surface area contributed by atoms with Crippen LogP contribution in [0.1, 0.15) is 0 Å². The third kappa shape index (κ3) is 1.08. The summed E-state index contributed by atoms with van der Waals surface area (Å²) < 4.78 is 6.09. The fourth-order valence-corrected chi connectivity index (χ4v) is 0.937. The Labute approximate surface area is 55.4 Å². The van der Waals surface area contributed by atoms with Crippen molar-refractivity contribution in [3.8, 4) is 0 Å². The lowest BCUT2D eigenvalue weighted by Gasteiger charge is -2.02. The molecule has 1 aromatic rings. The number of hydrogen-bond donors (Lipinski definition) is 2. The number of aromatic nitrogens is 2. The molecule has 1 rings (SSSR count). The largest absolute Gasteiger partial charge is 0.303 e. The zero-order valence-electron chi connectivity index (χ0n) is 4.79. The van der Waals surface area contributed by atoms with Crippen molar-refractivity contribution < 1.29 is 0 Å². The van der Waals surface area contributed by atoms with Crippen molar-refractivity contribution in [2.24, 2.45) is 5.84 Å². The Kier molecular flexibility index (Phi) is 1.50. The second-order valence-electron chi connectivity index (χ2n) is 1.55. The molecular formula is C3H6N4OS. The maximum atomic E-state index is 10.6. The Morgan fingerprint density at radius 1 is 1.89 bits per heavy atom. The summed E-state index contributed by atoms with van der Waals surface area (Å²) >= 11 is 0.985. The quantitative estimate of drug-likeness (QED) is 0.399. The number of aromatic amines is 1. The lowest BCUT2D eigenvalue weighted by atomic mass is 10.7. The van der Waals surface area contributed by atoms with Crippen LogP contribution in [0.4, 0.5) is 5.82 Å². The summed E-state index contributed by atoms with van der Waals surface area (Å²) in [6.45, 7) is 0. The average molecular weight is 146 g/mol. The summed E-state index contributed by atoms with van der Waals surface area (Å²) in [4.78, 5) is 10.6. The predicted octanol–water partition coefficient (Wildman–Crippen LogP) is -0.859. The Bertz CT molecular complexity index is 238. The van der Waals surface area contributed by atoms with Crippen LogP contribution in [-0.2, 0) is 0 Å². The number of hydrazine groups is 1. The molecule has 0 spiro atoms. The Balaban J connectivity index is 3.08. The predicted molar refractivity (Wildman–Crippen MR) is 35.3 cm³/mol. The first-order valence-corrected chi connectivity index (χ1v) is 3.02. The molecule has 0 fully saturated rings. The molecule has 0 saturated heterocycles. The minimum atomic E-state index is -0.245. The van der Waals surface area contributed by atoms with Gasteiger partial charge in [-0.25, -0.2) is 5.84 Å². The monoisotopic (exact) mass is 146 g/mol. The van der Waals surface area contributed by atoms with E-state index >= 15 is 0 Å². The van der Waals surface area contributed by atoms with Crippen molar-refractivity contribution in [2.45, 2.75) is 0 Å². The second-order valence-corrected chi connectivity index (χ2v) is 2.12. The van der Waals surface area contributed by atoms with Crippen LogP contribution < -0.4 is 16.4 Å². The van der Waals surface area contributed by atoms with Gasteiger partial charge in [-0.1, -0.05) is 0 Å². The van der Waals surface area contributed by atoms with Gasteiger partial charge in [-0.05, 0) is 0 Å². The first-order chi connectivity index (χ1) is 4.22. The minimum absolute atomic E-state index is 0.245. The van der Waals surface area contributed by atoms with Crippen LogP contribution in [0.5, 0.6) is 0 Å². The van der Waals surface area contributed by atoms with Crippen molar-refractivity contribution in [3.05, 3.63) is 10.4 Å². The van der Waals surface area contributed by atoms with E-state index in [0.29, 0.717) is 0 Å². The van der Waals surface area contributed by atoms with Gasteiger partial charge in [-0.2, -0.15) is 4.37 Å². The van der Waals surface area contributed by atoms with Gasteiger partial charge >= 0.3 is 5.56 Å². The third-order valence-corrected chi connectivity index (χ3v) is 1.35. The molecule has 0 bridgehead atoms. The summed E-state index contributed by atoms with van der Waals surface area (Å²) in [6, 6.07) is 0. The maximum Gasteiger partial charge on any atom is 0.303 e. The van der Waals surface area contributed by atoms with Crippen LogP contribution in [0, 0.1) is 0 Å². The molecule has 0 aromatic carbocycles. The summed E-state index contributed by atoms with van der Waals surface area (Å²) in [5.74, 6) is 5.47. The molecule has 0 amide bonds. The summed E-state index contributed by atoms with van der Waals surface area (Å²) in [5, 5.41) is 1.18. The molecule has 3 N–H and O–H groups in total. The number of rotatable bonds is 1. The topological polar surface area (TPSA) is 75.0 Å². The van der Waals surface area contributed by atoms with Gasteiger partial charge in [0.2, 0.25) is 5.82 Å². The van der Waals surface area contributed by atoms with E-state index < -0.39 is 0 Å². The molecule has 9 heavy (non-hydrogen) atoms. The van der Waals surface area contributed by atoms with Gasteiger partial charge in [-0.3, -0.25) is 14.2 Å². The zero-order chi connectivity index (χ0) is 6.85. The van der Waals surface area contributed by atoms with E-state index in [-0.39, 0.29) is 11.4 Å². The normalized spacial score (nSPS) is 9.56. The van der Waals surface area contributed by atoms with Gasteiger partial charge in [0.1, 0.15) is 0 Å². The fraction of sp³-hybridized carbons (Fsp3) is 0.333. The maximum absolute atomic E-state index is 10.6. The van der Waals surface area contributed by atoms with Crippen molar-refractivity contribution in [2.75, 3.05) is 12.1 Å². The Hall–Kier alpha value is -0.880. The molecule has 50 valence electrons. The number of nitrogens with zero attached hydrogens (tertiary/aromatic N) is 2. The van der Waals surface area contributed by atoms with E-state index in [9.17, 15) is 4.79 Å². The SMILES string of the molecule is CN(N)c1ns[nH]c1=O. The van der Waals surface area contributed by atoms with E-state index in [1.807, 2.05) is 0 Å². The minimum Gasteiger partial charge on any atom is -0.292 e. The van der Waals surface area contributed by atoms with Gasteiger partial charge in [0.25, 0.3) is 0 Å². The molecule has 6 heteroatoms.